The normalized spacial score (nSPS) is 12.4. The van der Waals surface area contributed by atoms with Gasteiger partial charge in [-0.05, 0) is 42.5 Å². The largest absolute Gasteiger partial charge is 0.454 e. The van der Waals surface area contributed by atoms with Gasteiger partial charge in [-0.2, -0.15) is 4.31 Å². The number of anilines is 2. The van der Waals surface area contributed by atoms with Gasteiger partial charge in [0, 0.05) is 30.4 Å². The molecule has 2 N–H and O–H groups in total. The molecule has 182 valence electrons. The highest BCUT2D eigenvalue weighted by atomic mass is 32.2. The summed E-state index contributed by atoms with van der Waals surface area (Å²) < 4.78 is 37.6. The molecule has 0 spiro atoms. The van der Waals surface area contributed by atoms with E-state index in [1.807, 2.05) is 0 Å². The van der Waals surface area contributed by atoms with Crippen molar-refractivity contribution in [1.82, 2.24) is 4.31 Å². The third-order valence-electron chi connectivity index (χ3n) is 5.49. The van der Waals surface area contributed by atoms with E-state index in [4.69, 9.17) is 9.47 Å². The molecule has 4 rings (SSSR count). The molecule has 0 aromatic heterocycles. The molecule has 1 heterocycles. The van der Waals surface area contributed by atoms with E-state index in [1.54, 1.807) is 56.3 Å². The Morgan fingerprint density at radius 2 is 1.60 bits per heavy atom. The highest BCUT2D eigenvalue weighted by Gasteiger charge is 2.23. The number of hydrogen-bond acceptors (Lipinski definition) is 6. The summed E-state index contributed by atoms with van der Waals surface area (Å²) in [6, 6.07) is 17.4. The Labute approximate surface area is 203 Å². The first-order valence-corrected chi connectivity index (χ1v) is 12.5. The zero-order valence-corrected chi connectivity index (χ0v) is 20.1. The summed E-state index contributed by atoms with van der Waals surface area (Å²) in [7, 11) is -3.72. The summed E-state index contributed by atoms with van der Waals surface area (Å²) in [4.78, 5) is 26.0. The highest BCUT2D eigenvalue weighted by molar-refractivity contribution is 7.89. The number of ether oxygens (including phenoxy) is 2. The molecule has 9 nitrogen and oxygen atoms in total. The van der Waals surface area contributed by atoms with Crippen LogP contribution in [0.4, 0.5) is 11.4 Å². The third kappa shape index (κ3) is 5.13. The summed E-state index contributed by atoms with van der Waals surface area (Å²) >= 11 is 0. The van der Waals surface area contributed by atoms with Crippen molar-refractivity contribution in [2.24, 2.45) is 0 Å². The lowest BCUT2D eigenvalue weighted by Crippen LogP contribution is -2.30. The molecule has 2 amide bonds. The van der Waals surface area contributed by atoms with Gasteiger partial charge in [-0.1, -0.05) is 32.0 Å². The first-order valence-electron chi connectivity index (χ1n) is 11.0. The van der Waals surface area contributed by atoms with Gasteiger partial charge in [-0.15, -0.1) is 0 Å². The third-order valence-corrected chi connectivity index (χ3v) is 7.54. The van der Waals surface area contributed by atoms with Crippen molar-refractivity contribution in [2.45, 2.75) is 18.7 Å². The van der Waals surface area contributed by atoms with Gasteiger partial charge in [0.25, 0.3) is 11.8 Å². The molecule has 10 heteroatoms. The highest BCUT2D eigenvalue weighted by Crippen LogP contribution is 2.34. The van der Waals surface area contributed by atoms with Crippen LogP contribution in [0, 0.1) is 0 Å². The van der Waals surface area contributed by atoms with Crippen molar-refractivity contribution in [3.05, 3.63) is 77.9 Å². The lowest BCUT2D eigenvalue weighted by molar-refractivity contribution is 0.102. The SMILES string of the molecule is CCN(CC)S(=O)(=O)c1cccc(C(=O)Nc2ccccc2C(=O)Nc2ccc3c(c2)OCO3)c1. The Morgan fingerprint density at radius 1 is 0.857 bits per heavy atom. The second kappa shape index (κ2) is 10.2. The molecule has 1 aliphatic rings. The maximum absolute atomic E-state index is 13.0. The van der Waals surface area contributed by atoms with Gasteiger partial charge < -0.3 is 20.1 Å². The topological polar surface area (TPSA) is 114 Å². The van der Waals surface area contributed by atoms with Crippen molar-refractivity contribution in [1.29, 1.82) is 0 Å². The maximum atomic E-state index is 13.0. The van der Waals surface area contributed by atoms with Crippen LogP contribution in [-0.4, -0.2) is 44.4 Å². The van der Waals surface area contributed by atoms with Gasteiger partial charge >= 0.3 is 0 Å². The lowest BCUT2D eigenvalue weighted by Gasteiger charge is -2.18. The minimum Gasteiger partial charge on any atom is -0.454 e. The zero-order valence-electron chi connectivity index (χ0n) is 19.3. The number of carbonyl (C=O) groups is 2. The summed E-state index contributed by atoms with van der Waals surface area (Å²) in [5.41, 5.74) is 1.19. The zero-order chi connectivity index (χ0) is 25.0. The average Bonchev–Trinajstić information content (AvgIpc) is 3.33. The Hall–Kier alpha value is -3.89. The summed E-state index contributed by atoms with van der Waals surface area (Å²) in [6.45, 7) is 4.27. The number of carbonyl (C=O) groups excluding carboxylic acids is 2. The molecule has 0 saturated heterocycles. The molecule has 0 unspecified atom stereocenters. The number of rotatable bonds is 8. The molecule has 35 heavy (non-hydrogen) atoms. The van der Waals surface area contributed by atoms with E-state index in [0.717, 1.165) is 0 Å². The van der Waals surface area contributed by atoms with Crippen LogP contribution in [0.5, 0.6) is 11.5 Å². The van der Waals surface area contributed by atoms with Gasteiger partial charge in [-0.3, -0.25) is 9.59 Å². The van der Waals surface area contributed by atoms with Crippen molar-refractivity contribution >= 4 is 33.2 Å². The van der Waals surface area contributed by atoms with Crippen LogP contribution in [0.25, 0.3) is 0 Å². The number of sulfonamides is 1. The van der Waals surface area contributed by atoms with Crippen LogP contribution in [0.1, 0.15) is 34.6 Å². The number of nitrogens with zero attached hydrogens (tertiary/aromatic N) is 1. The molecule has 0 aliphatic carbocycles. The van der Waals surface area contributed by atoms with E-state index in [-0.39, 0.29) is 28.5 Å². The number of hydrogen-bond donors (Lipinski definition) is 2. The predicted octanol–water partition coefficient (Wildman–Crippen LogP) is 3.95. The number of nitrogens with one attached hydrogen (secondary N) is 2. The van der Waals surface area contributed by atoms with E-state index >= 15 is 0 Å². The van der Waals surface area contributed by atoms with Gasteiger partial charge in [0.2, 0.25) is 16.8 Å². The van der Waals surface area contributed by atoms with Gasteiger partial charge in [-0.25, -0.2) is 8.42 Å². The minimum absolute atomic E-state index is 0.0303. The smallest absolute Gasteiger partial charge is 0.257 e. The average molecular weight is 496 g/mol. The molecular formula is C25H25N3O6S. The van der Waals surface area contributed by atoms with E-state index in [2.05, 4.69) is 10.6 Å². The Bertz CT molecular complexity index is 1370. The summed E-state index contributed by atoms with van der Waals surface area (Å²) in [5.74, 6) is 0.160. The van der Waals surface area contributed by atoms with E-state index in [9.17, 15) is 18.0 Å². The summed E-state index contributed by atoms with van der Waals surface area (Å²) in [5, 5.41) is 5.50. The number of fused-ring (bicyclic) bond motifs is 1. The molecular weight excluding hydrogens is 470 g/mol. The first-order chi connectivity index (χ1) is 16.8. The fourth-order valence-corrected chi connectivity index (χ4v) is 5.17. The Balaban J connectivity index is 1.54. The first kappa shape index (κ1) is 24.2. The van der Waals surface area contributed by atoms with Gasteiger partial charge in [0.15, 0.2) is 11.5 Å². The van der Waals surface area contributed by atoms with Crippen LogP contribution < -0.4 is 20.1 Å². The molecule has 0 saturated carbocycles. The van der Waals surface area contributed by atoms with Crippen molar-refractivity contribution in [3.63, 3.8) is 0 Å². The molecule has 1 aliphatic heterocycles. The molecule has 3 aromatic carbocycles. The van der Waals surface area contributed by atoms with Crippen LogP contribution in [0.3, 0.4) is 0 Å². The van der Waals surface area contributed by atoms with Crippen molar-refractivity contribution in [3.8, 4) is 11.5 Å². The molecule has 0 bridgehead atoms. The minimum atomic E-state index is -3.72. The fourth-order valence-electron chi connectivity index (χ4n) is 3.67. The van der Waals surface area contributed by atoms with Crippen LogP contribution in [0.15, 0.2) is 71.6 Å². The number of para-hydroxylation sites is 1. The van der Waals surface area contributed by atoms with Gasteiger partial charge in [0.05, 0.1) is 16.1 Å². The Kier molecular flexibility index (Phi) is 7.04. The van der Waals surface area contributed by atoms with Gasteiger partial charge in [0.1, 0.15) is 0 Å². The standard InChI is InChI=1S/C25H25N3O6S/c1-3-28(4-2)35(31,32)19-9-7-8-17(14-19)24(29)27-21-11-6-5-10-20(21)25(30)26-18-12-13-22-23(15-18)34-16-33-22/h5-15H,3-4,16H2,1-2H3,(H,26,30)(H,27,29). The monoisotopic (exact) mass is 495 g/mol. The maximum Gasteiger partial charge on any atom is 0.257 e. The van der Waals surface area contributed by atoms with E-state index < -0.39 is 21.8 Å². The van der Waals surface area contributed by atoms with Crippen molar-refractivity contribution in [2.75, 3.05) is 30.5 Å². The van der Waals surface area contributed by atoms with Crippen LogP contribution in [0.2, 0.25) is 0 Å². The molecule has 0 radical (unpaired) electrons. The second-order valence-electron chi connectivity index (χ2n) is 7.64. The number of benzene rings is 3. The fraction of sp³-hybridized carbons (Fsp3) is 0.200. The molecule has 3 aromatic rings. The van der Waals surface area contributed by atoms with Crippen LogP contribution in [-0.2, 0) is 10.0 Å². The quantitative estimate of drug-likeness (QED) is 0.489. The van der Waals surface area contributed by atoms with Crippen LogP contribution >= 0.6 is 0 Å². The van der Waals surface area contributed by atoms with E-state index in [0.29, 0.717) is 30.3 Å². The van der Waals surface area contributed by atoms with Crippen molar-refractivity contribution < 1.29 is 27.5 Å². The molecule has 0 fully saturated rings. The van der Waals surface area contributed by atoms with E-state index in [1.165, 1.54) is 28.6 Å². The predicted molar refractivity (Wildman–Crippen MR) is 131 cm³/mol. The number of amides is 2. The molecule has 0 atom stereocenters. The Morgan fingerprint density at radius 3 is 2.37 bits per heavy atom. The summed E-state index contributed by atoms with van der Waals surface area (Å²) in [6.07, 6.45) is 0. The second-order valence-corrected chi connectivity index (χ2v) is 9.58. The lowest BCUT2D eigenvalue weighted by atomic mass is 10.1.